The number of aromatic nitrogens is 2. The van der Waals surface area contributed by atoms with Gasteiger partial charge in [0.25, 0.3) is 0 Å². The largest absolute Gasteiger partial charge is 0.480 e. The summed E-state index contributed by atoms with van der Waals surface area (Å²) in [5.74, 6) is -1.05. The first-order valence-corrected chi connectivity index (χ1v) is 4.25. The summed E-state index contributed by atoms with van der Waals surface area (Å²) in [6.45, 7) is -0.344. The van der Waals surface area contributed by atoms with Gasteiger partial charge < -0.3 is 5.11 Å². The van der Waals surface area contributed by atoms with Gasteiger partial charge in [-0.05, 0) is 11.5 Å². The second kappa shape index (κ2) is 3.56. The Morgan fingerprint density at radius 3 is 2.77 bits per heavy atom. The van der Waals surface area contributed by atoms with E-state index >= 15 is 0 Å². The van der Waals surface area contributed by atoms with E-state index < -0.39 is 5.97 Å². The molecule has 0 aromatic carbocycles. The predicted octanol–water partition coefficient (Wildman–Crippen LogP) is -1.14. The lowest BCUT2D eigenvalue weighted by atomic mass is 10.6. The fraction of sp³-hybridized carbons (Fsp3) is 0.500. The van der Waals surface area contributed by atoms with Gasteiger partial charge in [-0.25, -0.2) is 8.75 Å². The molecule has 0 radical (unpaired) electrons. The highest BCUT2D eigenvalue weighted by Crippen LogP contribution is 1.82. The first kappa shape index (κ1) is 9.72. The molecule has 7 heteroatoms. The molecule has 0 bridgehead atoms. The number of aliphatic carboxylic acids is 1. The van der Waals surface area contributed by atoms with Gasteiger partial charge in [0.2, 0.25) is 4.80 Å². The molecule has 1 heterocycles. The Labute approximate surface area is 77.5 Å². The molecule has 1 rings (SSSR count). The minimum Gasteiger partial charge on any atom is -0.480 e. The van der Waals surface area contributed by atoms with Crippen LogP contribution in [0.25, 0.3) is 0 Å². The molecule has 0 saturated carbocycles. The lowest BCUT2D eigenvalue weighted by Gasteiger charge is -1.92. The minimum absolute atomic E-state index is 0.344. The van der Waals surface area contributed by atoms with Crippen LogP contribution in [0.3, 0.4) is 0 Å². The third kappa shape index (κ3) is 1.86. The van der Waals surface area contributed by atoms with Crippen LogP contribution in [0, 0.1) is 0 Å². The van der Waals surface area contributed by atoms with Gasteiger partial charge in [0.1, 0.15) is 6.54 Å². The van der Waals surface area contributed by atoms with Crippen LogP contribution in [0.2, 0.25) is 0 Å². The Morgan fingerprint density at radius 1 is 1.69 bits per heavy atom. The molecule has 1 aromatic heterocycles. The zero-order valence-electron chi connectivity index (χ0n) is 7.22. The van der Waals surface area contributed by atoms with Crippen LogP contribution >= 0.6 is 11.5 Å². The van der Waals surface area contributed by atoms with Crippen LogP contribution in [-0.2, 0) is 18.4 Å². The normalized spacial score (nSPS) is 12.0. The highest BCUT2D eigenvalue weighted by atomic mass is 32.1. The Morgan fingerprint density at radius 2 is 2.31 bits per heavy atom. The van der Waals surface area contributed by atoms with E-state index in [1.54, 1.807) is 7.05 Å². The van der Waals surface area contributed by atoms with Gasteiger partial charge in [0.15, 0.2) is 0 Å². The first-order chi connectivity index (χ1) is 6.06. The second-order valence-corrected chi connectivity index (χ2v) is 3.45. The maximum absolute atomic E-state index is 11.3. The molecule has 0 unspecified atom stereocenters. The van der Waals surface area contributed by atoms with Gasteiger partial charge in [-0.2, -0.15) is 0 Å². The van der Waals surface area contributed by atoms with Crippen molar-refractivity contribution in [2.45, 2.75) is 6.54 Å². The number of aryl methyl sites for hydroxylation is 1. The summed E-state index contributed by atoms with van der Waals surface area (Å²) in [5.41, 5.74) is -0.354. The number of rotatable bonds is 2. The number of carboxylic acids is 1. The van der Waals surface area contributed by atoms with Crippen molar-refractivity contribution in [1.82, 2.24) is 8.52 Å². The quantitative estimate of drug-likeness (QED) is 0.660. The van der Waals surface area contributed by atoms with Gasteiger partial charge in [-0.3, -0.25) is 14.4 Å². The zero-order valence-corrected chi connectivity index (χ0v) is 8.04. The van der Waals surface area contributed by atoms with Crippen molar-refractivity contribution < 1.29 is 9.90 Å². The molecule has 0 spiro atoms. The fourth-order valence-electron chi connectivity index (χ4n) is 0.895. The Balaban J connectivity index is 3.34. The molecule has 0 aliphatic heterocycles. The summed E-state index contributed by atoms with van der Waals surface area (Å²) < 4.78 is 2.46. The summed E-state index contributed by atoms with van der Waals surface area (Å²) >= 11 is 1.12. The molecule has 0 fully saturated rings. The number of carbonyl (C=O) groups is 1. The SMILES string of the molecule is CN=c1sn(C)c(=O)n1CC(=O)O. The van der Waals surface area contributed by atoms with Crippen molar-refractivity contribution in [3.05, 3.63) is 15.3 Å². The molecule has 1 N–H and O–H groups in total. The monoisotopic (exact) mass is 203 g/mol. The van der Waals surface area contributed by atoms with E-state index in [4.69, 9.17) is 5.11 Å². The Hall–Kier alpha value is -1.37. The Kier molecular flexibility index (Phi) is 2.66. The summed E-state index contributed by atoms with van der Waals surface area (Å²) in [6.07, 6.45) is 0. The van der Waals surface area contributed by atoms with Crippen molar-refractivity contribution in [2.75, 3.05) is 7.05 Å². The summed E-state index contributed by atoms with van der Waals surface area (Å²) in [6, 6.07) is 0. The van der Waals surface area contributed by atoms with Gasteiger partial charge in [0, 0.05) is 14.1 Å². The lowest BCUT2D eigenvalue weighted by Crippen LogP contribution is -2.31. The van der Waals surface area contributed by atoms with Crippen LogP contribution in [0.1, 0.15) is 0 Å². The van der Waals surface area contributed by atoms with Crippen molar-refractivity contribution >= 4 is 17.5 Å². The number of hydrogen-bond acceptors (Lipinski definition) is 4. The molecule has 0 amide bonds. The average Bonchev–Trinajstić information content (AvgIpc) is 2.31. The van der Waals surface area contributed by atoms with Crippen LogP contribution < -0.4 is 10.5 Å². The molecule has 6 nitrogen and oxygen atoms in total. The van der Waals surface area contributed by atoms with E-state index in [1.165, 1.54) is 11.0 Å². The molecular formula is C6H9N3O3S. The van der Waals surface area contributed by atoms with Crippen LogP contribution in [0.15, 0.2) is 9.79 Å². The van der Waals surface area contributed by atoms with Gasteiger partial charge in [0.05, 0.1) is 0 Å². The van der Waals surface area contributed by atoms with Gasteiger partial charge in [-0.15, -0.1) is 0 Å². The van der Waals surface area contributed by atoms with Gasteiger partial charge in [-0.1, -0.05) is 0 Å². The number of carboxylic acid groups (broad SMARTS) is 1. The van der Waals surface area contributed by atoms with Crippen molar-refractivity contribution in [3.8, 4) is 0 Å². The molecule has 0 aliphatic rings. The highest BCUT2D eigenvalue weighted by molar-refractivity contribution is 7.03. The van der Waals surface area contributed by atoms with E-state index in [1.807, 2.05) is 0 Å². The van der Waals surface area contributed by atoms with Gasteiger partial charge >= 0.3 is 11.7 Å². The highest BCUT2D eigenvalue weighted by Gasteiger charge is 2.08. The molecule has 13 heavy (non-hydrogen) atoms. The van der Waals surface area contributed by atoms with Crippen molar-refractivity contribution in [3.63, 3.8) is 0 Å². The summed E-state index contributed by atoms with van der Waals surface area (Å²) in [7, 11) is 3.09. The maximum Gasteiger partial charge on any atom is 0.340 e. The predicted molar refractivity (Wildman–Crippen MR) is 46.7 cm³/mol. The first-order valence-electron chi connectivity index (χ1n) is 3.48. The molecule has 0 aliphatic carbocycles. The molecule has 0 saturated heterocycles. The van der Waals surface area contributed by atoms with E-state index in [-0.39, 0.29) is 12.2 Å². The third-order valence-corrected chi connectivity index (χ3v) is 2.43. The zero-order chi connectivity index (χ0) is 10.0. The number of nitrogens with zero attached hydrogens (tertiary/aromatic N) is 3. The molecule has 1 aromatic rings. The van der Waals surface area contributed by atoms with Crippen molar-refractivity contribution in [1.29, 1.82) is 0 Å². The number of hydrogen-bond donors (Lipinski definition) is 1. The summed E-state index contributed by atoms with van der Waals surface area (Å²) in [4.78, 5) is 25.9. The van der Waals surface area contributed by atoms with E-state index in [2.05, 4.69) is 4.99 Å². The molecular weight excluding hydrogens is 194 g/mol. The standard InChI is InChI=1S/C6H9N3O3S/c1-7-5-9(3-4(10)11)6(12)8(2)13-5/h3H2,1-2H3,(H,10,11). The molecule has 0 atom stereocenters. The van der Waals surface area contributed by atoms with E-state index in [9.17, 15) is 9.59 Å². The van der Waals surface area contributed by atoms with E-state index in [0.29, 0.717) is 4.80 Å². The van der Waals surface area contributed by atoms with Crippen molar-refractivity contribution in [2.24, 2.45) is 12.0 Å². The molecule has 72 valence electrons. The van der Waals surface area contributed by atoms with Crippen LogP contribution in [-0.4, -0.2) is 26.6 Å². The second-order valence-electron chi connectivity index (χ2n) is 2.36. The lowest BCUT2D eigenvalue weighted by molar-refractivity contribution is -0.137. The van der Waals surface area contributed by atoms with Crippen LogP contribution in [0.5, 0.6) is 0 Å². The Bertz CT molecular complexity index is 439. The summed E-state index contributed by atoms with van der Waals surface area (Å²) in [5, 5.41) is 8.51. The van der Waals surface area contributed by atoms with E-state index in [0.717, 1.165) is 16.1 Å². The third-order valence-electron chi connectivity index (χ3n) is 1.43. The topological polar surface area (TPSA) is 76.6 Å². The average molecular weight is 203 g/mol. The maximum atomic E-state index is 11.3. The minimum atomic E-state index is -1.05. The van der Waals surface area contributed by atoms with Crippen LogP contribution in [0.4, 0.5) is 0 Å². The smallest absolute Gasteiger partial charge is 0.340 e. The fourth-order valence-corrected chi connectivity index (χ4v) is 1.64.